The molecule has 0 bridgehead atoms. The van der Waals surface area contributed by atoms with Crippen molar-refractivity contribution in [2.75, 3.05) is 0 Å². The number of aryl methyl sites for hydroxylation is 4. The molecule has 3 aromatic heterocycles. The highest BCUT2D eigenvalue weighted by Crippen LogP contribution is 2.30. The zero-order valence-corrected chi connectivity index (χ0v) is 15.0. The fraction of sp³-hybridized carbons (Fsp3) is 0.444. The number of hydrogen-bond acceptors (Lipinski definition) is 4. The van der Waals surface area contributed by atoms with E-state index in [2.05, 4.69) is 20.5 Å². The minimum Gasteiger partial charge on any atom is -0.345 e. The molecule has 130 valence electrons. The van der Waals surface area contributed by atoms with Gasteiger partial charge in [-0.15, -0.1) is 0 Å². The maximum absolute atomic E-state index is 13.1. The molecule has 0 saturated carbocycles. The molecule has 0 aliphatic heterocycles. The molecule has 0 spiro atoms. The van der Waals surface area contributed by atoms with E-state index in [-0.39, 0.29) is 11.9 Å². The molecule has 0 aromatic carbocycles. The highest BCUT2D eigenvalue weighted by molar-refractivity contribution is 6.06. The van der Waals surface area contributed by atoms with E-state index in [1.807, 2.05) is 44.9 Å². The SMILES string of the molecule is Cc1cc(C(=O)NC2CCCc3c2cnn3C)c2c(C)nn(C)c2n1. The Labute approximate surface area is 146 Å². The standard InChI is InChI=1S/C18H22N6O/c1-10-8-12(16-11(2)22-24(4)17(16)20-10)18(25)21-14-6-5-7-15-13(14)9-19-23(15)3/h8-9,14H,5-7H2,1-4H3,(H,21,25). The number of nitrogens with one attached hydrogen (secondary N) is 1. The topological polar surface area (TPSA) is 77.6 Å². The Hall–Kier alpha value is -2.70. The summed E-state index contributed by atoms with van der Waals surface area (Å²) in [5, 5.41) is 12.8. The summed E-state index contributed by atoms with van der Waals surface area (Å²) in [5.41, 5.74) is 5.36. The van der Waals surface area contributed by atoms with Gasteiger partial charge >= 0.3 is 0 Å². The van der Waals surface area contributed by atoms with Crippen LogP contribution in [0.2, 0.25) is 0 Å². The first-order valence-electron chi connectivity index (χ1n) is 8.58. The molecule has 1 atom stereocenters. The van der Waals surface area contributed by atoms with Gasteiger partial charge in [0, 0.05) is 31.0 Å². The van der Waals surface area contributed by atoms with Crippen LogP contribution in [-0.4, -0.2) is 30.5 Å². The molecule has 1 amide bonds. The second-order valence-electron chi connectivity index (χ2n) is 6.81. The summed E-state index contributed by atoms with van der Waals surface area (Å²) in [4.78, 5) is 17.6. The number of nitrogens with zero attached hydrogens (tertiary/aromatic N) is 5. The lowest BCUT2D eigenvalue weighted by Gasteiger charge is -2.24. The van der Waals surface area contributed by atoms with Gasteiger partial charge in [-0.2, -0.15) is 10.2 Å². The van der Waals surface area contributed by atoms with Crippen LogP contribution in [0.25, 0.3) is 11.0 Å². The van der Waals surface area contributed by atoms with Crippen LogP contribution < -0.4 is 5.32 Å². The third-order valence-electron chi connectivity index (χ3n) is 5.02. The number of rotatable bonds is 2. The van der Waals surface area contributed by atoms with Crippen molar-refractivity contribution in [2.24, 2.45) is 14.1 Å². The van der Waals surface area contributed by atoms with Crippen molar-refractivity contribution < 1.29 is 4.79 Å². The van der Waals surface area contributed by atoms with Crippen LogP contribution >= 0.6 is 0 Å². The molecule has 1 aliphatic carbocycles. The number of hydrogen-bond donors (Lipinski definition) is 1. The summed E-state index contributed by atoms with van der Waals surface area (Å²) in [7, 11) is 3.81. The summed E-state index contributed by atoms with van der Waals surface area (Å²) < 4.78 is 3.64. The van der Waals surface area contributed by atoms with E-state index in [1.165, 1.54) is 5.69 Å². The first-order chi connectivity index (χ1) is 12.0. The molecule has 4 rings (SSSR count). The summed E-state index contributed by atoms with van der Waals surface area (Å²) >= 11 is 0. The Kier molecular flexibility index (Phi) is 3.59. The summed E-state index contributed by atoms with van der Waals surface area (Å²) in [6, 6.07) is 1.85. The zero-order valence-electron chi connectivity index (χ0n) is 15.0. The molecule has 25 heavy (non-hydrogen) atoms. The summed E-state index contributed by atoms with van der Waals surface area (Å²) in [6.07, 6.45) is 4.87. The van der Waals surface area contributed by atoms with E-state index in [0.29, 0.717) is 5.56 Å². The van der Waals surface area contributed by atoms with Gasteiger partial charge < -0.3 is 5.32 Å². The molecule has 3 heterocycles. The summed E-state index contributed by atoms with van der Waals surface area (Å²) in [5.74, 6) is -0.0756. The molecule has 1 N–H and O–H groups in total. The molecule has 1 aliphatic rings. The Balaban J connectivity index is 1.72. The van der Waals surface area contributed by atoms with E-state index in [1.54, 1.807) is 4.68 Å². The first-order valence-corrected chi connectivity index (χ1v) is 8.58. The number of amides is 1. The normalized spacial score (nSPS) is 16.9. The average molecular weight is 338 g/mol. The maximum atomic E-state index is 13.1. The molecule has 0 saturated heterocycles. The van der Waals surface area contributed by atoms with Gasteiger partial charge in [0.25, 0.3) is 5.91 Å². The van der Waals surface area contributed by atoms with Crippen LogP contribution in [0.15, 0.2) is 12.3 Å². The van der Waals surface area contributed by atoms with E-state index in [4.69, 9.17) is 0 Å². The lowest BCUT2D eigenvalue weighted by atomic mass is 9.92. The largest absolute Gasteiger partial charge is 0.345 e. The zero-order chi connectivity index (χ0) is 17.7. The molecule has 1 unspecified atom stereocenters. The van der Waals surface area contributed by atoms with Gasteiger partial charge in [-0.05, 0) is 39.2 Å². The van der Waals surface area contributed by atoms with E-state index >= 15 is 0 Å². The van der Waals surface area contributed by atoms with Gasteiger partial charge in [0.2, 0.25) is 0 Å². The van der Waals surface area contributed by atoms with Gasteiger partial charge in [0.1, 0.15) is 0 Å². The number of fused-ring (bicyclic) bond motifs is 2. The fourth-order valence-electron chi connectivity index (χ4n) is 3.84. The second kappa shape index (κ2) is 5.68. The van der Waals surface area contributed by atoms with E-state index in [0.717, 1.165) is 47.2 Å². The molecule has 7 heteroatoms. The Morgan fingerprint density at radius 1 is 1.28 bits per heavy atom. The van der Waals surface area contributed by atoms with Crippen LogP contribution in [0.4, 0.5) is 0 Å². The second-order valence-corrected chi connectivity index (χ2v) is 6.81. The lowest BCUT2D eigenvalue weighted by Crippen LogP contribution is -2.31. The van der Waals surface area contributed by atoms with Gasteiger partial charge in [-0.1, -0.05) is 0 Å². The average Bonchev–Trinajstić information content (AvgIpc) is 3.08. The van der Waals surface area contributed by atoms with Crippen LogP contribution in [0.5, 0.6) is 0 Å². The Morgan fingerprint density at radius 3 is 2.88 bits per heavy atom. The lowest BCUT2D eigenvalue weighted by molar-refractivity contribution is 0.0934. The van der Waals surface area contributed by atoms with Crippen molar-refractivity contribution in [1.29, 1.82) is 0 Å². The van der Waals surface area contributed by atoms with Gasteiger partial charge in [0.05, 0.1) is 28.9 Å². The van der Waals surface area contributed by atoms with Gasteiger partial charge in [-0.3, -0.25) is 14.2 Å². The minimum absolute atomic E-state index is 0.00505. The maximum Gasteiger partial charge on any atom is 0.252 e. The van der Waals surface area contributed by atoms with Crippen molar-refractivity contribution in [3.8, 4) is 0 Å². The van der Waals surface area contributed by atoms with Crippen molar-refractivity contribution in [1.82, 2.24) is 29.9 Å². The van der Waals surface area contributed by atoms with Crippen molar-refractivity contribution in [2.45, 2.75) is 39.2 Å². The first kappa shape index (κ1) is 15.8. The highest BCUT2D eigenvalue weighted by atomic mass is 16.1. The molecule has 0 radical (unpaired) electrons. The molecule has 0 fully saturated rings. The van der Waals surface area contributed by atoms with Crippen LogP contribution in [0.1, 0.15) is 51.9 Å². The smallest absolute Gasteiger partial charge is 0.252 e. The minimum atomic E-state index is -0.0756. The summed E-state index contributed by atoms with van der Waals surface area (Å²) in [6.45, 7) is 3.81. The van der Waals surface area contributed by atoms with Crippen molar-refractivity contribution in [3.63, 3.8) is 0 Å². The number of aromatic nitrogens is 5. The molecular formula is C18H22N6O. The number of pyridine rings is 1. The Morgan fingerprint density at radius 2 is 2.08 bits per heavy atom. The quantitative estimate of drug-likeness (QED) is 0.776. The van der Waals surface area contributed by atoms with Crippen molar-refractivity contribution in [3.05, 3.63) is 40.5 Å². The third-order valence-corrected chi connectivity index (χ3v) is 5.02. The predicted molar refractivity (Wildman–Crippen MR) is 94.3 cm³/mol. The van der Waals surface area contributed by atoms with Crippen LogP contribution in [-0.2, 0) is 20.5 Å². The highest BCUT2D eigenvalue weighted by Gasteiger charge is 2.26. The molecule has 7 nitrogen and oxygen atoms in total. The van der Waals surface area contributed by atoms with Crippen LogP contribution in [0, 0.1) is 13.8 Å². The number of carbonyl (C=O) groups is 1. The van der Waals surface area contributed by atoms with Gasteiger partial charge in [-0.25, -0.2) is 4.98 Å². The van der Waals surface area contributed by atoms with E-state index < -0.39 is 0 Å². The Bertz CT molecular complexity index is 983. The predicted octanol–water partition coefficient (Wildman–Crippen LogP) is 2.13. The monoisotopic (exact) mass is 338 g/mol. The van der Waals surface area contributed by atoms with Crippen molar-refractivity contribution >= 4 is 16.9 Å². The third kappa shape index (κ3) is 2.50. The number of carbonyl (C=O) groups excluding carboxylic acids is 1. The van der Waals surface area contributed by atoms with Crippen LogP contribution in [0.3, 0.4) is 0 Å². The van der Waals surface area contributed by atoms with E-state index in [9.17, 15) is 4.79 Å². The van der Waals surface area contributed by atoms with Gasteiger partial charge in [0.15, 0.2) is 5.65 Å². The fourth-order valence-corrected chi connectivity index (χ4v) is 3.84. The molecular weight excluding hydrogens is 316 g/mol. The molecule has 3 aromatic rings.